The molecule has 13 heavy (non-hydrogen) atoms. The van der Waals surface area contributed by atoms with Crippen LogP contribution in [0.25, 0.3) is 0 Å². The quantitative estimate of drug-likeness (QED) is 0.592. The smallest absolute Gasteiger partial charge is 0.166 e. The van der Waals surface area contributed by atoms with Gasteiger partial charge in [0.15, 0.2) is 0 Å². The molecule has 0 rings (SSSR count). The molecule has 0 spiro atoms. The molecule has 0 bridgehead atoms. The number of alkyl halides is 3. The molecule has 82 valence electrons. The van der Waals surface area contributed by atoms with Gasteiger partial charge in [-0.15, -0.1) is 0 Å². The van der Waals surface area contributed by atoms with Crippen LogP contribution in [0.15, 0.2) is 9.89 Å². The Bertz CT molecular complexity index is 241. The van der Waals surface area contributed by atoms with Crippen LogP contribution in [0.2, 0.25) is 0 Å². The number of rotatable bonds is 1. The Labute approximate surface area is 75.4 Å². The summed E-state index contributed by atoms with van der Waals surface area (Å²) in [6.07, 6.45) is -5.48. The Hall–Kier alpha value is 0.01000. The highest BCUT2D eigenvalue weighted by Crippen LogP contribution is 2.99. The van der Waals surface area contributed by atoms with E-state index < -0.39 is 26.3 Å². The molecular formula is C3HBrF8S. The number of hydrogen-bond donors (Lipinski definition) is 0. The van der Waals surface area contributed by atoms with Gasteiger partial charge in [0.2, 0.25) is 0 Å². The highest BCUT2D eigenvalue weighted by atomic mass is 79.9. The molecule has 0 amide bonds. The fourth-order valence-corrected chi connectivity index (χ4v) is 1.85. The van der Waals surface area contributed by atoms with Crippen LogP contribution in [0.1, 0.15) is 0 Å². The van der Waals surface area contributed by atoms with Gasteiger partial charge in [-0.05, 0) is 15.9 Å². The number of hydrogen-bond acceptors (Lipinski definition) is 0. The molecule has 0 unspecified atom stereocenters. The average molecular weight is 301 g/mol. The maximum atomic E-state index is 11.4. The van der Waals surface area contributed by atoms with Crippen molar-refractivity contribution in [3.05, 3.63) is 9.89 Å². The van der Waals surface area contributed by atoms with Crippen LogP contribution in [-0.4, -0.2) is 6.18 Å². The van der Waals surface area contributed by atoms with E-state index in [0.29, 0.717) is 0 Å². The molecule has 0 radical (unpaired) electrons. The van der Waals surface area contributed by atoms with Crippen LogP contribution in [-0.2, 0) is 0 Å². The van der Waals surface area contributed by atoms with Crippen molar-refractivity contribution in [1.82, 2.24) is 0 Å². The van der Waals surface area contributed by atoms with Gasteiger partial charge in [-0.3, -0.25) is 0 Å². The van der Waals surface area contributed by atoms with E-state index >= 15 is 0 Å². The molecule has 0 aliphatic rings. The van der Waals surface area contributed by atoms with E-state index in [4.69, 9.17) is 0 Å². The second kappa shape index (κ2) is 2.33. The third kappa shape index (κ3) is 7.11. The average Bonchev–Trinajstić information content (AvgIpc) is 1.51. The highest BCUT2D eigenvalue weighted by molar-refractivity contribution is 9.12. The second-order valence-electron chi connectivity index (χ2n) is 1.99. The molecule has 0 fully saturated rings. The standard InChI is InChI=1S/C3HBrF8S/c4-2(3(5,6)7)1-13(8,9,10,11)12/h1H/b2-1+. The number of halogens is 9. The van der Waals surface area contributed by atoms with Gasteiger partial charge < -0.3 is 0 Å². The van der Waals surface area contributed by atoms with Crippen LogP contribution in [0, 0.1) is 0 Å². The van der Waals surface area contributed by atoms with Gasteiger partial charge in [0.05, 0.1) is 5.41 Å². The first kappa shape index (κ1) is 13.0. The Morgan fingerprint density at radius 2 is 1.31 bits per heavy atom. The Kier molecular flexibility index (Phi) is 2.33. The molecule has 0 saturated heterocycles. The normalized spacial score (nSPS) is 20.8. The van der Waals surface area contributed by atoms with Crippen molar-refractivity contribution in [2.75, 3.05) is 0 Å². The minimum Gasteiger partial charge on any atom is -0.166 e. The summed E-state index contributed by atoms with van der Waals surface area (Å²) < 4.78 is 88.6. The maximum Gasteiger partial charge on any atom is 0.423 e. The first-order valence-electron chi connectivity index (χ1n) is 2.30. The van der Waals surface area contributed by atoms with E-state index in [2.05, 4.69) is 0 Å². The van der Waals surface area contributed by atoms with Crippen LogP contribution < -0.4 is 0 Å². The monoisotopic (exact) mass is 300 g/mol. The molecule has 0 N–H and O–H groups in total. The minimum absolute atomic E-state index is 1.37. The second-order valence-corrected chi connectivity index (χ2v) is 5.14. The van der Waals surface area contributed by atoms with E-state index in [9.17, 15) is 32.6 Å². The van der Waals surface area contributed by atoms with Crippen molar-refractivity contribution >= 4 is 26.2 Å². The van der Waals surface area contributed by atoms with Crippen LogP contribution in [0.3, 0.4) is 0 Å². The van der Waals surface area contributed by atoms with Crippen molar-refractivity contribution < 1.29 is 32.6 Å². The van der Waals surface area contributed by atoms with Crippen molar-refractivity contribution in [2.24, 2.45) is 0 Å². The van der Waals surface area contributed by atoms with Gasteiger partial charge in [0.1, 0.15) is 4.48 Å². The molecular weight excluding hydrogens is 300 g/mol. The Morgan fingerprint density at radius 1 is 1.00 bits per heavy atom. The fourth-order valence-electron chi connectivity index (χ4n) is 0.262. The van der Waals surface area contributed by atoms with Crippen LogP contribution >= 0.6 is 26.2 Å². The lowest BCUT2D eigenvalue weighted by atomic mass is 10.6. The largest absolute Gasteiger partial charge is 0.423 e. The van der Waals surface area contributed by atoms with Gasteiger partial charge in [-0.25, -0.2) is 0 Å². The lowest BCUT2D eigenvalue weighted by Gasteiger charge is -2.37. The van der Waals surface area contributed by atoms with Gasteiger partial charge >= 0.3 is 16.4 Å². The molecule has 0 saturated carbocycles. The third-order valence-electron chi connectivity index (χ3n) is 0.597. The zero-order chi connectivity index (χ0) is 11.2. The Balaban J connectivity index is 5.24. The molecule has 0 aromatic rings. The summed E-state index contributed by atoms with van der Waals surface area (Å²) in [4.78, 5) is 0. The predicted octanol–water partition coefficient (Wildman–Crippen LogP) is 5.08. The summed E-state index contributed by atoms with van der Waals surface area (Å²) >= 11 is 1.37. The SMILES string of the molecule is FC(F)(F)/C(Br)=C\S(F)(F)(F)(F)F. The van der Waals surface area contributed by atoms with E-state index in [1.807, 2.05) is 0 Å². The molecule has 0 nitrogen and oxygen atoms in total. The summed E-state index contributed by atoms with van der Waals surface area (Å²) in [6, 6.07) is 0. The van der Waals surface area contributed by atoms with Gasteiger partial charge in [0.25, 0.3) is 0 Å². The van der Waals surface area contributed by atoms with Crippen LogP contribution in [0.5, 0.6) is 0 Å². The van der Waals surface area contributed by atoms with E-state index in [0.717, 1.165) is 0 Å². The van der Waals surface area contributed by atoms with Crippen molar-refractivity contribution in [1.29, 1.82) is 0 Å². The topological polar surface area (TPSA) is 0 Å². The molecule has 0 aliphatic carbocycles. The highest BCUT2D eigenvalue weighted by Gasteiger charge is 2.62. The van der Waals surface area contributed by atoms with Crippen molar-refractivity contribution in [2.45, 2.75) is 6.18 Å². The zero-order valence-corrected chi connectivity index (χ0v) is 7.79. The molecule has 0 aromatic heterocycles. The summed E-state index contributed by atoms with van der Waals surface area (Å²) in [6.45, 7) is 0. The minimum atomic E-state index is -10.1. The van der Waals surface area contributed by atoms with Crippen LogP contribution in [0.4, 0.5) is 32.6 Å². The predicted molar refractivity (Wildman–Crippen MR) is 36.2 cm³/mol. The lowest BCUT2D eigenvalue weighted by Crippen LogP contribution is -2.10. The molecule has 0 heterocycles. The van der Waals surface area contributed by atoms with E-state index in [-0.39, 0.29) is 0 Å². The summed E-state index contributed by atoms with van der Waals surface area (Å²) in [5.41, 5.74) is 0. The molecule has 0 aromatic carbocycles. The molecule has 0 atom stereocenters. The first-order valence-corrected chi connectivity index (χ1v) is 5.11. The fraction of sp³-hybridized carbons (Fsp3) is 0.333. The molecule has 0 aliphatic heterocycles. The summed E-state index contributed by atoms with van der Waals surface area (Å²) in [7, 11) is -10.1. The third-order valence-corrected chi connectivity index (χ3v) is 2.26. The van der Waals surface area contributed by atoms with E-state index in [1.54, 1.807) is 0 Å². The first-order chi connectivity index (χ1) is 5.10. The maximum absolute atomic E-state index is 11.4. The van der Waals surface area contributed by atoms with Gasteiger partial charge in [-0.2, -0.15) is 13.2 Å². The zero-order valence-electron chi connectivity index (χ0n) is 5.39. The summed E-state index contributed by atoms with van der Waals surface area (Å²) in [5.74, 6) is 0. The molecule has 10 heteroatoms. The Morgan fingerprint density at radius 3 is 1.38 bits per heavy atom. The number of allylic oxidation sites excluding steroid dienone is 1. The van der Waals surface area contributed by atoms with E-state index in [1.165, 1.54) is 15.9 Å². The van der Waals surface area contributed by atoms with Gasteiger partial charge in [-0.1, -0.05) is 19.4 Å². The summed E-state index contributed by atoms with van der Waals surface area (Å²) in [5, 5.41) is -2.03. The van der Waals surface area contributed by atoms with Crippen molar-refractivity contribution in [3.8, 4) is 0 Å². The van der Waals surface area contributed by atoms with Gasteiger partial charge in [0, 0.05) is 0 Å². The lowest BCUT2D eigenvalue weighted by molar-refractivity contribution is -0.0829. The van der Waals surface area contributed by atoms with Crippen molar-refractivity contribution in [3.63, 3.8) is 0 Å².